The minimum absolute atomic E-state index is 0.0820. The molecule has 150 valence electrons. The normalized spacial score (nSPS) is 18.5. The quantitative estimate of drug-likeness (QED) is 0.634. The first-order valence-electron chi connectivity index (χ1n) is 8.76. The SMILES string of the molecule is CC1(c2ccc(F)cc2)NC(=O)N(CC(=O)Nc2ccc(CC(N)=O)cc2)C1=O. The second-order valence-corrected chi connectivity index (χ2v) is 6.84. The molecule has 3 rings (SSSR count). The number of primary amides is 1. The topological polar surface area (TPSA) is 122 Å². The van der Waals surface area contributed by atoms with Gasteiger partial charge < -0.3 is 16.4 Å². The van der Waals surface area contributed by atoms with E-state index < -0.39 is 41.7 Å². The summed E-state index contributed by atoms with van der Waals surface area (Å²) in [6.45, 7) is 1.01. The van der Waals surface area contributed by atoms with Crippen LogP contribution in [0, 0.1) is 5.82 Å². The largest absolute Gasteiger partial charge is 0.369 e. The predicted octanol–water partition coefficient (Wildman–Crippen LogP) is 1.26. The summed E-state index contributed by atoms with van der Waals surface area (Å²) in [5, 5.41) is 5.14. The van der Waals surface area contributed by atoms with Crippen LogP contribution >= 0.6 is 0 Å². The van der Waals surface area contributed by atoms with Crippen molar-refractivity contribution in [1.29, 1.82) is 0 Å². The zero-order chi connectivity index (χ0) is 21.2. The number of halogens is 1. The molecular weight excluding hydrogens is 379 g/mol. The summed E-state index contributed by atoms with van der Waals surface area (Å²) in [6.07, 6.45) is 0.0820. The Labute approximate surface area is 165 Å². The highest BCUT2D eigenvalue weighted by molar-refractivity contribution is 6.10. The van der Waals surface area contributed by atoms with Gasteiger partial charge in [-0.05, 0) is 42.3 Å². The third-order valence-corrected chi connectivity index (χ3v) is 4.61. The van der Waals surface area contributed by atoms with Crippen LogP contribution in [0.3, 0.4) is 0 Å². The maximum Gasteiger partial charge on any atom is 0.325 e. The number of carbonyl (C=O) groups is 4. The van der Waals surface area contributed by atoms with Crippen LogP contribution in [0.15, 0.2) is 48.5 Å². The molecule has 9 heteroatoms. The number of anilines is 1. The maximum atomic E-state index is 13.2. The first-order valence-corrected chi connectivity index (χ1v) is 8.76. The number of hydrogen-bond donors (Lipinski definition) is 3. The van der Waals surface area contributed by atoms with E-state index in [-0.39, 0.29) is 6.42 Å². The molecular formula is C20H19FN4O4. The van der Waals surface area contributed by atoms with Crippen LogP contribution in [0.4, 0.5) is 14.9 Å². The maximum absolute atomic E-state index is 13.2. The molecule has 0 aliphatic carbocycles. The molecule has 5 amide bonds. The van der Waals surface area contributed by atoms with Crippen molar-refractivity contribution in [2.24, 2.45) is 5.73 Å². The summed E-state index contributed by atoms with van der Waals surface area (Å²) in [7, 11) is 0. The van der Waals surface area contributed by atoms with E-state index in [1.807, 2.05) is 0 Å². The molecule has 1 aliphatic rings. The summed E-state index contributed by atoms with van der Waals surface area (Å²) in [4.78, 5) is 49.1. The van der Waals surface area contributed by atoms with Crippen LogP contribution in [0.1, 0.15) is 18.1 Å². The van der Waals surface area contributed by atoms with Gasteiger partial charge in [0, 0.05) is 5.69 Å². The lowest BCUT2D eigenvalue weighted by Gasteiger charge is -2.22. The molecule has 1 saturated heterocycles. The van der Waals surface area contributed by atoms with E-state index in [4.69, 9.17) is 5.73 Å². The lowest BCUT2D eigenvalue weighted by molar-refractivity contribution is -0.133. The number of urea groups is 1. The number of rotatable bonds is 6. The molecule has 8 nitrogen and oxygen atoms in total. The third-order valence-electron chi connectivity index (χ3n) is 4.61. The van der Waals surface area contributed by atoms with Crippen LogP contribution in [0.2, 0.25) is 0 Å². The summed E-state index contributed by atoms with van der Waals surface area (Å²) in [5.41, 5.74) is 5.28. The molecule has 0 aromatic heterocycles. The van der Waals surface area contributed by atoms with Gasteiger partial charge in [-0.1, -0.05) is 24.3 Å². The van der Waals surface area contributed by atoms with Crippen LogP contribution in [-0.4, -0.2) is 35.2 Å². The minimum atomic E-state index is -1.39. The van der Waals surface area contributed by atoms with E-state index in [1.165, 1.54) is 31.2 Å². The summed E-state index contributed by atoms with van der Waals surface area (Å²) in [5.74, 6) is -2.11. The van der Waals surface area contributed by atoms with Gasteiger partial charge in [-0.3, -0.25) is 19.3 Å². The smallest absolute Gasteiger partial charge is 0.325 e. The zero-order valence-corrected chi connectivity index (χ0v) is 15.6. The molecule has 29 heavy (non-hydrogen) atoms. The number of nitrogens with zero attached hydrogens (tertiary/aromatic N) is 1. The fourth-order valence-electron chi connectivity index (χ4n) is 3.07. The number of hydrogen-bond acceptors (Lipinski definition) is 4. The minimum Gasteiger partial charge on any atom is -0.369 e. The zero-order valence-electron chi connectivity index (χ0n) is 15.6. The van der Waals surface area contributed by atoms with Crippen molar-refractivity contribution in [3.63, 3.8) is 0 Å². The van der Waals surface area contributed by atoms with Gasteiger partial charge in [0.05, 0.1) is 6.42 Å². The van der Waals surface area contributed by atoms with Crippen LogP contribution < -0.4 is 16.4 Å². The van der Waals surface area contributed by atoms with E-state index >= 15 is 0 Å². The average molecular weight is 398 g/mol. The molecule has 0 radical (unpaired) electrons. The van der Waals surface area contributed by atoms with Crippen molar-refractivity contribution in [3.05, 3.63) is 65.5 Å². The highest BCUT2D eigenvalue weighted by atomic mass is 19.1. The number of benzene rings is 2. The summed E-state index contributed by atoms with van der Waals surface area (Å²) in [6, 6.07) is 10.9. The number of imide groups is 1. The Hall–Kier alpha value is -3.75. The molecule has 1 fully saturated rings. The first-order chi connectivity index (χ1) is 13.7. The predicted molar refractivity (Wildman–Crippen MR) is 102 cm³/mol. The lowest BCUT2D eigenvalue weighted by Crippen LogP contribution is -2.42. The summed E-state index contributed by atoms with van der Waals surface area (Å²) >= 11 is 0. The average Bonchev–Trinajstić information content (AvgIpc) is 2.87. The number of amides is 5. The molecule has 1 unspecified atom stereocenters. The lowest BCUT2D eigenvalue weighted by atomic mass is 9.92. The highest BCUT2D eigenvalue weighted by Gasteiger charge is 2.49. The first kappa shape index (κ1) is 20.0. The fourth-order valence-corrected chi connectivity index (χ4v) is 3.07. The second kappa shape index (κ2) is 7.70. The van der Waals surface area contributed by atoms with Gasteiger partial charge in [0.15, 0.2) is 0 Å². The Morgan fingerprint density at radius 3 is 2.31 bits per heavy atom. The van der Waals surface area contributed by atoms with Gasteiger partial charge in [0.25, 0.3) is 5.91 Å². The van der Waals surface area contributed by atoms with Crippen molar-refractivity contribution < 1.29 is 23.6 Å². The number of nitrogens with two attached hydrogens (primary N) is 1. The van der Waals surface area contributed by atoms with Crippen LogP contribution in [0.25, 0.3) is 0 Å². The fraction of sp³-hybridized carbons (Fsp3) is 0.200. The van der Waals surface area contributed by atoms with E-state index in [2.05, 4.69) is 10.6 Å². The Balaban J connectivity index is 1.67. The van der Waals surface area contributed by atoms with Gasteiger partial charge in [0.2, 0.25) is 11.8 Å². The van der Waals surface area contributed by atoms with Crippen LogP contribution in [-0.2, 0) is 26.3 Å². The standard InChI is InChI=1S/C20H19FN4O4/c1-20(13-4-6-14(21)7-5-13)18(28)25(19(29)24-20)11-17(27)23-15-8-2-12(3-9-15)10-16(22)26/h2-9H,10-11H2,1H3,(H2,22,26)(H,23,27)(H,24,29). The van der Waals surface area contributed by atoms with E-state index in [0.717, 1.165) is 4.90 Å². The Morgan fingerprint density at radius 2 is 1.72 bits per heavy atom. The molecule has 0 bridgehead atoms. The van der Waals surface area contributed by atoms with Crippen molar-refractivity contribution in [2.75, 3.05) is 11.9 Å². The molecule has 4 N–H and O–H groups in total. The van der Waals surface area contributed by atoms with Gasteiger partial charge in [-0.2, -0.15) is 0 Å². The third kappa shape index (κ3) is 4.23. The van der Waals surface area contributed by atoms with Gasteiger partial charge in [-0.15, -0.1) is 0 Å². The Morgan fingerprint density at radius 1 is 1.10 bits per heavy atom. The molecule has 1 atom stereocenters. The van der Waals surface area contributed by atoms with Gasteiger partial charge in [-0.25, -0.2) is 9.18 Å². The van der Waals surface area contributed by atoms with E-state index in [1.54, 1.807) is 24.3 Å². The van der Waals surface area contributed by atoms with E-state index in [0.29, 0.717) is 16.8 Å². The Bertz CT molecular complexity index is 975. The second-order valence-electron chi connectivity index (χ2n) is 6.84. The number of nitrogens with one attached hydrogen (secondary N) is 2. The van der Waals surface area contributed by atoms with Crippen molar-refractivity contribution in [2.45, 2.75) is 18.9 Å². The molecule has 1 heterocycles. The highest BCUT2D eigenvalue weighted by Crippen LogP contribution is 2.28. The van der Waals surface area contributed by atoms with Crippen LogP contribution in [0.5, 0.6) is 0 Å². The molecule has 2 aromatic rings. The van der Waals surface area contributed by atoms with Crippen molar-refractivity contribution in [3.8, 4) is 0 Å². The van der Waals surface area contributed by atoms with Gasteiger partial charge >= 0.3 is 6.03 Å². The van der Waals surface area contributed by atoms with Crippen molar-refractivity contribution in [1.82, 2.24) is 10.2 Å². The van der Waals surface area contributed by atoms with Crippen molar-refractivity contribution >= 4 is 29.4 Å². The number of carbonyl (C=O) groups excluding carboxylic acids is 4. The molecule has 0 saturated carbocycles. The van der Waals surface area contributed by atoms with E-state index in [9.17, 15) is 23.6 Å². The molecule has 0 spiro atoms. The van der Waals surface area contributed by atoms with Gasteiger partial charge in [0.1, 0.15) is 17.9 Å². The Kier molecular flexibility index (Phi) is 5.31. The molecule has 1 aliphatic heterocycles. The summed E-state index contributed by atoms with van der Waals surface area (Å²) < 4.78 is 13.2. The monoisotopic (exact) mass is 398 g/mol. The molecule has 2 aromatic carbocycles.